The molecule has 112 valence electrons. The molecule has 1 aliphatic carbocycles. The number of carboxylic acid groups (broad SMARTS) is 1. The van der Waals surface area contributed by atoms with Crippen LogP contribution in [0.15, 0.2) is 30.3 Å². The summed E-state index contributed by atoms with van der Waals surface area (Å²) < 4.78 is 5.48. The summed E-state index contributed by atoms with van der Waals surface area (Å²) >= 11 is 0. The zero-order valence-corrected chi connectivity index (χ0v) is 12.0. The lowest BCUT2D eigenvalue weighted by Gasteiger charge is -2.18. The van der Waals surface area contributed by atoms with Crippen LogP contribution in [0.2, 0.25) is 0 Å². The van der Waals surface area contributed by atoms with Crippen molar-refractivity contribution < 1.29 is 19.4 Å². The molecule has 0 heterocycles. The molecule has 0 unspecified atom stereocenters. The van der Waals surface area contributed by atoms with Crippen LogP contribution in [0.25, 0.3) is 6.08 Å². The Morgan fingerprint density at radius 3 is 2.71 bits per heavy atom. The number of nitrogens with zero attached hydrogens (tertiary/aromatic N) is 1. The largest absolute Gasteiger partial charge is 0.493 e. The number of rotatable bonds is 7. The van der Waals surface area contributed by atoms with Crippen LogP contribution in [-0.2, 0) is 9.59 Å². The van der Waals surface area contributed by atoms with Crippen LogP contribution >= 0.6 is 0 Å². The van der Waals surface area contributed by atoms with E-state index in [9.17, 15) is 9.59 Å². The van der Waals surface area contributed by atoms with E-state index in [2.05, 4.69) is 0 Å². The van der Waals surface area contributed by atoms with Crippen molar-refractivity contribution in [2.24, 2.45) is 0 Å². The zero-order valence-electron chi connectivity index (χ0n) is 12.0. The minimum absolute atomic E-state index is 0.0698. The van der Waals surface area contributed by atoms with Gasteiger partial charge in [0, 0.05) is 17.7 Å². The summed E-state index contributed by atoms with van der Waals surface area (Å²) in [5.74, 6) is -0.551. The summed E-state index contributed by atoms with van der Waals surface area (Å²) in [6, 6.07) is 7.49. The highest BCUT2D eigenvalue weighted by Crippen LogP contribution is 2.27. The smallest absolute Gasteiger partial charge is 0.323 e. The maximum Gasteiger partial charge on any atom is 0.323 e. The van der Waals surface area contributed by atoms with E-state index in [0.29, 0.717) is 12.4 Å². The molecule has 0 aromatic heterocycles. The molecule has 5 heteroatoms. The zero-order chi connectivity index (χ0) is 15.2. The molecule has 0 spiro atoms. The number of amides is 1. The van der Waals surface area contributed by atoms with Crippen molar-refractivity contribution in [2.45, 2.75) is 25.8 Å². The van der Waals surface area contributed by atoms with Crippen molar-refractivity contribution in [3.8, 4) is 5.75 Å². The normalized spacial score (nSPS) is 14.1. The van der Waals surface area contributed by atoms with Crippen molar-refractivity contribution in [2.75, 3.05) is 13.2 Å². The molecular formula is C16H19NO4. The number of carboxylic acids is 1. The highest BCUT2D eigenvalue weighted by molar-refractivity contribution is 5.94. The van der Waals surface area contributed by atoms with Gasteiger partial charge in [0.2, 0.25) is 5.91 Å². The molecule has 1 aromatic carbocycles. The molecule has 5 nitrogen and oxygen atoms in total. The second-order valence-electron chi connectivity index (χ2n) is 4.90. The summed E-state index contributed by atoms with van der Waals surface area (Å²) in [5, 5.41) is 8.87. The summed E-state index contributed by atoms with van der Waals surface area (Å²) in [5.41, 5.74) is 0.804. The van der Waals surface area contributed by atoms with E-state index in [0.717, 1.165) is 18.4 Å². The summed E-state index contributed by atoms with van der Waals surface area (Å²) in [6.45, 7) is 2.19. The maximum atomic E-state index is 12.1. The highest BCUT2D eigenvalue weighted by Gasteiger charge is 2.32. The van der Waals surface area contributed by atoms with Gasteiger partial charge in [-0.3, -0.25) is 9.59 Å². The molecule has 0 bridgehead atoms. The topological polar surface area (TPSA) is 66.8 Å². The van der Waals surface area contributed by atoms with Crippen LogP contribution in [-0.4, -0.2) is 41.1 Å². The Hall–Kier alpha value is -2.30. The third-order valence-electron chi connectivity index (χ3n) is 3.20. The van der Waals surface area contributed by atoms with Gasteiger partial charge in [-0.25, -0.2) is 0 Å². The predicted molar refractivity (Wildman–Crippen MR) is 79.0 cm³/mol. The van der Waals surface area contributed by atoms with E-state index >= 15 is 0 Å². The SMILES string of the molecule is CCOc1ccccc1C=CC(=O)N(CC(=O)O)C1CC1. The molecule has 0 aliphatic heterocycles. The average molecular weight is 289 g/mol. The maximum absolute atomic E-state index is 12.1. The first-order chi connectivity index (χ1) is 10.1. The first-order valence-corrected chi connectivity index (χ1v) is 7.04. The third kappa shape index (κ3) is 4.34. The highest BCUT2D eigenvalue weighted by atomic mass is 16.5. The lowest BCUT2D eigenvalue weighted by molar-refractivity contribution is -0.143. The molecule has 0 saturated heterocycles. The second kappa shape index (κ2) is 6.92. The third-order valence-corrected chi connectivity index (χ3v) is 3.20. The van der Waals surface area contributed by atoms with E-state index < -0.39 is 5.97 Å². The minimum atomic E-state index is -0.988. The van der Waals surface area contributed by atoms with Crippen LogP contribution in [0.5, 0.6) is 5.75 Å². The van der Waals surface area contributed by atoms with Crippen molar-refractivity contribution in [1.29, 1.82) is 0 Å². The number of para-hydroxylation sites is 1. The Kier molecular flexibility index (Phi) is 4.98. The van der Waals surface area contributed by atoms with Crippen molar-refractivity contribution in [1.82, 2.24) is 4.90 Å². The summed E-state index contributed by atoms with van der Waals surface area (Å²) in [4.78, 5) is 24.4. The van der Waals surface area contributed by atoms with E-state index in [1.54, 1.807) is 6.08 Å². The van der Waals surface area contributed by atoms with Gasteiger partial charge in [0.1, 0.15) is 12.3 Å². The van der Waals surface area contributed by atoms with Crippen LogP contribution in [0.3, 0.4) is 0 Å². The predicted octanol–water partition coefficient (Wildman–Crippen LogP) is 2.17. The molecule has 0 atom stereocenters. The standard InChI is InChI=1S/C16H19NO4/c1-2-21-14-6-4-3-5-12(14)7-10-15(18)17(11-16(19)20)13-8-9-13/h3-7,10,13H,2,8-9,11H2,1H3,(H,19,20). The van der Waals surface area contributed by atoms with E-state index in [1.165, 1.54) is 11.0 Å². The van der Waals surface area contributed by atoms with Gasteiger partial charge < -0.3 is 14.7 Å². The quantitative estimate of drug-likeness (QED) is 0.781. The molecule has 1 aromatic rings. The molecule has 2 rings (SSSR count). The fourth-order valence-electron chi connectivity index (χ4n) is 2.08. The summed E-state index contributed by atoms with van der Waals surface area (Å²) in [6.07, 6.45) is 4.84. The van der Waals surface area contributed by atoms with Gasteiger partial charge in [0.15, 0.2) is 0 Å². The van der Waals surface area contributed by atoms with Crippen LogP contribution in [0.1, 0.15) is 25.3 Å². The number of aliphatic carboxylic acids is 1. The first-order valence-electron chi connectivity index (χ1n) is 7.04. The molecule has 21 heavy (non-hydrogen) atoms. The number of ether oxygens (including phenoxy) is 1. The molecule has 1 amide bonds. The number of benzene rings is 1. The Bertz CT molecular complexity index is 549. The Morgan fingerprint density at radius 2 is 2.10 bits per heavy atom. The molecule has 1 aliphatic rings. The first kappa shape index (κ1) is 15.1. The lowest BCUT2D eigenvalue weighted by atomic mass is 10.2. The van der Waals surface area contributed by atoms with Gasteiger partial charge in [-0.05, 0) is 31.9 Å². The van der Waals surface area contributed by atoms with Gasteiger partial charge in [-0.1, -0.05) is 18.2 Å². The Labute approximate surface area is 123 Å². The molecular weight excluding hydrogens is 270 g/mol. The molecule has 0 radical (unpaired) electrons. The van der Waals surface area contributed by atoms with Gasteiger partial charge >= 0.3 is 5.97 Å². The van der Waals surface area contributed by atoms with Gasteiger partial charge in [0.05, 0.1) is 6.61 Å². The Balaban J connectivity index is 2.08. The van der Waals surface area contributed by atoms with E-state index in [4.69, 9.17) is 9.84 Å². The van der Waals surface area contributed by atoms with Crippen molar-refractivity contribution >= 4 is 18.0 Å². The molecule has 1 N–H and O–H groups in total. The minimum Gasteiger partial charge on any atom is -0.493 e. The van der Waals surface area contributed by atoms with Crippen LogP contribution < -0.4 is 4.74 Å². The van der Waals surface area contributed by atoms with Crippen molar-refractivity contribution in [3.63, 3.8) is 0 Å². The molecule has 1 fully saturated rings. The number of carbonyl (C=O) groups is 2. The number of hydrogen-bond acceptors (Lipinski definition) is 3. The van der Waals surface area contributed by atoms with Crippen molar-refractivity contribution in [3.05, 3.63) is 35.9 Å². The number of hydrogen-bond donors (Lipinski definition) is 1. The van der Waals surface area contributed by atoms with Crippen LogP contribution in [0.4, 0.5) is 0 Å². The molecule has 1 saturated carbocycles. The van der Waals surface area contributed by atoms with Gasteiger partial charge in [-0.15, -0.1) is 0 Å². The van der Waals surface area contributed by atoms with Gasteiger partial charge in [-0.2, -0.15) is 0 Å². The fraction of sp³-hybridized carbons (Fsp3) is 0.375. The lowest BCUT2D eigenvalue weighted by Crippen LogP contribution is -2.36. The monoisotopic (exact) mass is 289 g/mol. The summed E-state index contributed by atoms with van der Waals surface area (Å²) in [7, 11) is 0. The van der Waals surface area contributed by atoms with E-state index in [-0.39, 0.29) is 18.5 Å². The second-order valence-corrected chi connectivity index (χ2v) is 4.90. The fourth-order valence-corrected chi connectivity index (χ4v) is 2.08. The van der Waals surface area contributed by atoms with Crippen LogP contribution in [0, 0.1) is 0 Å². The van der Waals surface area contributed by atoms with E-state index in [1.807, 2.05) is 31.2 Å². The average Bonchev–Trinajstić information content (AvgIpc) is 3.28. The van der Waals surface area contributed by atoms with Gasteiger partial charge in [0.25, 0.3) is 0 Å². The Morgan fingerprint density at radius 1 is 1.38 bits per heavy atom. The number of carbonyl (C=O) groups excluding carboxylic acids is 1.